The Bertz CT molecular complexity index is 1260. The Hall–Kier alpha value is -4.06. The zero-order valence-electron chi connectivity index (χ0n) is 16.6. The molecule has 148 valence electrons. The van der Waals surface area contributed by atoms with Gasteiger partial charge in [-0.25, -0.2) is 4.98 Å². The molecule has 0 spiro atoms. The average molecular weight is 397 g/mol. The SMILES string of the molecule is Cc1cc2nc(-c3cccc(N=C/C=C/c4cccc([N+](=O)[O-])c4)c3)oc2cc1C. The summed E-state index contributed by atoms with van der Waals surface area (Å²) in [6.07, 6.45) is 5.17. The van der Waals surface area contributed by atoms with Crippen LogP contribution in [0.1, 0.15) is 16.7 Å². The van der Waals surface area contributed by atoms with Crippen molar-refractivity contribution < 1.29 is 9.34 Å². The normalized spacial score (nSPS) is 11.7. The minimum absolute atomic E-state index is 0.0607. The van der Waals surface area contributed by atoms with Gasteiger partial charge < -0.3 is 4.42 Å². The second-order valence-electron chi connectivity index (χ2n) is 6.96. The van der Waals surface area contributed by atoms with E-state index in [9.17, 15) is 10.1 Å². The largest absolute Gasteiger partial charge is 0.436 e. The lowest BCUT2D eigenvalue weighted by Gasteiger charge is -1.97. The number of nitrogens with zero attached hydrogens (tertiary/aromatic N) is 3. The number of rotatable bonds is 5. The molecule has 0 aliphatic heterocycles. The van der Waals surface area contributed by atoms with E-state index in [1.54, 1.807) is 30.5 Å². The Morgan fingerprint density at radius 3 is 2.67 bits per heavy atom. The molecule has 1 heterocycles. The van der Waals surface area contributed by atoms with E-state index in [-0.39, 0.29) is 5.69 Å². The Kier molecular flexibility index (Phi) is 5.22. The fourth-order valence-electron chi connectivity index (χ4n) is 3.05. The van der Waals surface area contributed by atoms with E-state index in [1.165, 1.54) is 23.3 Å². The monoisotopic (exact) mass is 397 g/mol. The zero-order chi connectivity index (χ0) is 21.1. The zero-order valence-corrected chi connectivity index (χ0v) is 16.6. The van der Waals surface area contributed by atoms with Gasteiger partial charge in [-0.3, -0.25) is 15.1 Å². The fourth-order valence-corrected chi connectivity index (χ4v) is 3.05. The van der Waals surface area contributed by atoms with E-state index in [0.717, 1.165) is 27.9 Å². The maximum atomic E-state index is 10.8. The van der Waals surface area contributed by atoms with E-state index in [1.807, 2.05) is 43.3 Å². The van der Waals surface area contributed by atoms with Gasteiger partial charge >= 0.3 is 0 Å². The maximum absolute atomic E-state index is 10.8. The Labute approximate surface area is 173 Å². The van der Waals surface area contributed by atoms with Crippen molar-refractivity contribution in [3.8, 4) is 11.5 Å². The minimum atomic E-state index is -0.411. The van der Waals surface area contributed by atoms with Gasteiger partial charge in [0.25, 0.3) is 5.69 Å². The van der Waals surface area contributed by atoms with Crippen LogP contribution in [0.15, 0.2) is 76.1 Å². The van der Waals surface area contributed by atoms with Crippen molar-refractivity contribution >= 4 is 34.8 Å². The molecule has 0 saturated heterocycles. The molecule has 0 unspecified atom stereocenters. The van der Waals surface area contributed by atoms with Crippen LogP contribution in [0.3, 0.4) is 0 Å². The Morgan fingerprint density at radius 2 is 1.83 bits per heavy atom. The number of hydrogen-bond acceptors (Lipinski definition) is 5. The third-order valence-corrected chi connectivity index (χ3v) is 4.78. The summed E-state index contributed by atoms with van der Waals surface area (Å²) < 4.78 is 5.93. The molecule has 6 heteroatoms. The van der Waals surface area contributed by atoms with Crippen molar-refractivity contribution in [1.82, 2.24) is 4.98 Å². The summed E-state index contributed by atoms with van der Waals surface area (Å²) in [6, 6.07) is 18.1. The lowest BCUT2D eigenvalue weighted by atomic mass is 10.1. The third kappa shape index (κ3) is 4.17. The number of hydrogen-bond donors (Lipinski definition) is 0. The van der Waals surface area contributed by atoms with Crippen LogP contribution in [-0.4, -0.2) is 16.1 Å². The fraction of sp³-hybridized carbons (Fsp3) is 0.0833. The molecule has 1 aromatic heterocycles. The summed E-state index contributed by atoms with van der Waals surface area (Å²) in [5, 5.41) is 10.8. The molecule has 0 N–H and O–H groups in total. The van der Waals surface area contributed by atoms with Gasteiger partial charge in [0.05, 0.1) is 10.6 Å². The molecular formula is C24H19N3O3. The smallest absolute Gasteiger partial charge is 0.270 e. The van der Waals surface area contributed by atoms with Gasteiger partial charge in [-0.05, 0) is 66.9 Å². The first-order chi connectivity index (χ1) is 14.5. The molecular weight excluding hydrogens is 378 g/mol. The van der Waals surface area contributed by atoms with Crippen molar-refractivity contribution in [2.45, 2.75) is 13.8 Å². The predicted molar refractivity (Wildman–Crippen MR) is 119 cm³/mol. The lowest BCUT2D eigenvalue weighted by molar-refractivity contribution is -0.384. The second kappa shape index (κ2) is 8.13. The number of aryl methyl sites for hydroxylation is 2. The number of nitro groups is 1. The first-order valence-corrected chi connectivity index (χ1v) is 9.43. The van der Waals surface area contributed by atoms with Crippen LogP contribution in [-0.2, 0) is 0 Å². The van der Waals surface area contributed by atoms with Gasteiger partial charge in [-0.2, -0.15) is 0 Å². The molecule has 0 radical (unpaired) electrons. The number of non-ortho nitro benzene ring substituents is 1. The van der Waals surface area contributed by atoms with Crippen LogP contribution in [0.25, 0.3) is 28.6 Å². The average Bonchev–Trinajstić information content (AvgIpc) is 3.15. The predicted octanol–water partition coefficient (Wildman–Crippen LogP) is 6.44. The lowest BCUT2D eigenvalue weighted by Crippen LogP contribution is -1.87. The van der Waals surface area contributed by atoms with E-state index < -0.39 is 4.92 Å². The van der Waals surface area contributed by atoms with Crippen LogP contribution in [0.5, 0.6) is 0 Å². The topological polar surface area (TPSA) is 81.5 Å². The molecule has 0 aliphatic rings. The number of fused-ring (bicyclic) bond motifs is 1. The summed E-state index contributed by atoms with van der Waals surface area (Å²) >= 11 is 0. The first kappa shape index (κ1) is 19.3. The molecule has 4 rings (SSSR count). The highest BCUT2D eigenvalue weighted by Gasteiger charge is 2.10. The maximum Gasteiger partial charge on any atom is 0.270 e. The molecule has 0 bridgehead atoms. The van der Waals surface area contributed by atoms with E-state index in [0.29, 0.717) is 5.89 Å². The standard InChI is InChI=1S/C24H19N3O3/c1-16-12-22-23(13-17(16)2)30-24(26-22)19-8-4-9-20(15-19)25-11-5-7-18-6-3-10-21(14-18)27(28)29/h3-15H,1-2H3/b7-5+,25-11?. The van der Waals surface area contributed by atoms with Crippen LogP contribution < -0.4 is 0 Å². The van der Waals surface area contributed by atoms with E-state index in [4.69, 9.17) is 4.42 Å². The summed E-state index contributed by atoms with van der Waals surface area (Å²) in [6.45, 7) is 4.10. The highest BCUT2D eigenvalue weighted by atomic mass is 16.6. The van der Waals surface area contributed by atoms with Crippen LogP contribution >= 0.6 is 0 Å². The van der Waals surface area contributed by atoms with Crippen molar-refractivity contribution in [3.05, 3.63) is 93.5 Å². The second-order valence-corrected chi connectivity index (χ2v) is 6.96. The van der Waals surface area contributed by atoms with Gasteiger partial charge in [0.2, 0.25) is 5.89 Å². The van der Waals surface area contributed by atoms with Crippen molar-refractivity contribution in [3.63, 3.8) is 0 Å². The molecule has 4 aromatic rings. The molecule has 3 aromatic carbocycles. The quantitative estimate of drug-likeness (QED) is 0.220. The number of aromatic nitrogens is 1. The number of benzene rings is 3. The van der Waals surface area contributed by atoms with Crippen LogP contribution in [0.2, 0.25) is 0 Å². The summed E-state index contributed by atoms with van der Waals surface area (Å²) in [7, 11) is 0. The molecule has 6 nitrogen and oxygen atoms in total. The third-order valence-electron chi connectivity index (χ3n) is 4.78. The number of aliphatic imine (C=N–C) groups is 1. The summed E-state index contributed by atoms with van der Waals surface area (Å²) in [4.78, 5) is 19.5. The molecule has 0 atom stereocenters. The van der Waals surface area contributed by atoms with Gasteiger partial charge in [0, 0.05) is 23.9 Å². The van der Waals surface area contributed by atoms with Gasteiger partial charge in [-0.1, -0.05) is 24.3 Å². The minimum Gasteiger partial charge on any atom is -0.436 e. The van der Waals surface area contributed by atoms with Crippen molar-refractivity contribution in [1.29, 1.82) is 0 Å². The summed E-state index contributed by atoms with van der Waals surface area (Å²) in [5.41, 5.74) is 6.34. The molecule has 0 fully saturated rings. The molecule has 0 amide bonds. The molecule has 30 heavy (non-hydrogen) atoms. The van der Waals surface area contributed by atoms with Crippen LogP contribution in [0.4, 0.5) is 11.4 Å². The Balaban J connectivity index is 1.54. The van der Waals surface area contributed by atoms with E-state index in [2.05, 4.69) is 16.9 Å². The molecule has 0 aliphatic carbocycles. The van der Waals surface area contributed by atoms with Crippen LogP contribution in [0, 0.1) is 24.0 Å². The first-order valence-electron chi connectivity index (χ1n) is 9.43. The van der Waals surface area contributed by atoms with Crippen molar-refractivity contribution in [2.75, 3.05) is 0 Å². The molecule has 0 saturated carbocycles. The highest BCUT2D eigenvalue weighted by Crippen LogP contribution is 2.28. The highest BCUT2D eigenvalue weighted by molar-refractivity contribution is 5.82. The van der Waals surface area contributed by atoms with Gasteiger partial charge in [0.15, 0.2) is 5.58 Å². The summed E-state index contributed by atoms with van der Waals surface area (Å²) in [5.74, 6) is 0.555. The number of oxazole rings is 1. The van der Waals surface area contributed by atoms with Gasteiger partial charge in [0.1, 0.15) is 5.52 Å². The van der Waals surface area contributed by atoms with Crippen molar-refractivity contribution in [2.24, 2.45) is 4.99 Å². The van der Waals surface area contributed by atoms with Gasteiger partial charge in [-0.15, -0.1) is 0 Å². The Morgan fingerprint density at radius 1 is 1.03 bits per heavy atom. The van der Waals surface area contributed by atoms with E-state index >= 15 is 0 Å². The number of allylic oxidation sites excluding steroid dienone is 1. The number of nitro benzene ring substituents is 1.